The minimum absolute atomic E-state index is 0.266. The van der Waals surface area contributed by atoms with Crippen molar-refractivity contribution >= 4 is 27.5 Å². The van der Waals surface area contributed by atoms with Crippen molar-refractivity contribution in [2.24, 2.45) is 0 Å². The van der Waals surface area contributed by atoms with E-state index >= 15 is 0 Å². The Balaban J connectivity index is 2.20. The molecular weight excluding hydrogens is 334 g/mol. The fourth-order valence-corrected chi connectivity index (χ4v) is 2.87. The molecule has 4 heteroatoms. The average Bonchev–Trinajstić information content (AvgIpc) is 2.33. The van der Waals surface area contributed by atoms with Crippen molar-refractivity contribution in [2.75, 3.05) is 0 Å². The second-order valence-corrected chi connectivity index (χ2v) is 5.86. The van der Waals surface area contributed by atoms with Gasteiger partial charge in [0.1, 0.15) is 0 Å². The largest absolute Gasteiger partial charge is 0.204 e. The third kappa shape index (κ3) is 3.54. The Kier molecular flexibility index (Phi) is 4.58. The van der Waals surface area contributed by atoms with Crippen molar-refractivity contribution < 1.29 is 8.78 Å². The van der Waals surface area contributed by atoms with E-state index in [-0.39, 0.29) is 5.38 Å². The molecule has 2 rings (SSSR count). The first kappa shape index (κ1) is 14.5. The molecular formula is C15H12BrClF2. The average molecular weight is 346 g/mol. The number of hydrogen-bond donors (Lipinski definition) is 0. The molecule has 1 unspecified atom stereocenters. The Morgan fingerprint density at radius 3 is 2.47 bits per heavy atom. The molecule has 0 fully saturated rings. The van der Waals surface area contributed by atoms with E-state index in [1.807, 2.05) is 25.1 Å². The first-order chi connectivity index (χ1) is 8.97. The van der Waals surface area contributed by atoms with Crippen molar-refractivity contribution in [3.8, 4) is 0 Å². The Labute approximate surface area is 124 Å². The maximum Gasteiger partial charge on any atom is 0.159 e. The molecule has 0 radical (unpaired) electrons. The maximum absolute atomic E-state index is 13.1. The first-order valence-corrected chi connectivity index (χ1v) is 7.04. The zero-order valence-electron chi connectivity index (χ0n) is 10.3. The van der Waals surface area contributed by atoms with Crippen LogP contribution in [-0.2, 0) is 6.42 Å². The Morgan fingerprint density at radius 1 is 1.11 bits per heavy atom. The Bertz CT molecular complexity index is 599. The van der Waals surface area contributed by atoms with Crippen LogP contribution < -0.4 is 0 Å². The predicted molar refractivity (Wildman–Crippen MR) is 77.5 cm³/mol. The second-order valence-electron chi connectivity index (χ2n) is 4.42. The van der Waals surface area contributed by atoms with E-state index in [0.717, 1.165) is 21.7 Å². The van der Waals surface area contributed by atoms with Gasteiger partial charge in [-0.15, -0.1) is 11.6 Å². The molecule has 0 saturated carbocycles. The summed E-state index contributed by atoms with van der Waals surface area (Å²) < 4.78 is 27.0. The summed E-state index contributed by atoms with van der Waals surface area (Å²) in [4.78, 5) is 0. The summed E-state index contributed by atoms with van der Waals surface area (Å²) in [6.07, 6.45) is 0.460. The number of rotatable bonds is 3. The van der Waals surface area contributed by atoms with Gasteiger partial charge in [-0.2, -0.15) is 0 Å². The van der Waals surface area contributed by atoms with Crippen LogP contribution >= 0.6 is 27.5 Å². The molecule has 0 aliphatic heterocycles. The number of halogens is 4. The molecule has 2 aromatic rings. The minimum atomic E-state index is -0.839. The van der Waals surface area contributed by atoms with Crippen molar-refractivity contribution in [3.63, 3.8) is 0 Å². The summed E-state index contributed by atoms with van der Waals surface area (Å²) in [6.45, 7) is 1.97. The third-order valence-electron chi connectivity index (χ3n) is 2.97. The van der Waals surface area contributed by atoms with Crippen LogP contribution in [0.25, 0.3) is 0 Å². The highest BCUT2D eigenvalue weighted by atomic mass is 79.9. The molecule has 0 N–H and O–H groups in total. The lowest BCUT2D eigenvalue weighted by molar-refractivity contribution is 0.507. The van der Waals surface area contributed by atoms with E-state index in [1.165, 1.54) is 6.07 Å². The second kappa shape index (κ2) is 6.02. The van der Waals surface area contributed by atoms with Crippen molar-refractivity contribution in [1.82, 2.24) is 0 Å². The van der Waals surface area contributed by atoms with Gasteiger partial charge >= 0.3 is 0 Å². The first-order valence-electron chi connectivity index (χ1n) is 5.81. The lowest BCUT2D eigenvalue weighted by Crippen LogP contribution is -1.99. The van der Waals surface area contributed by atoms with Crippen molar-refractivity contribution in [3.05, 3.63) is 69.2 Å². The highest BCUT2D eigenvalue weighted by Crippen LogP contribution is 2.29. The third-order valence-corrected chi connectivity index (χ3v) is 3.85. The van der Waals surface area contributed by atoms with Gasteiger partial charge in [0.25, 0.3) is 0 Å². The van der Waals surface area contributed by atoms with Gasteiger partial charge in [0.2, 0.25) is 0 Å². The molecule has 0 heterocycles. The van der Waals surface area contributed by atoms with Crippen LogP contribution in [0, 0.1) is 18.6 Å². The van der Waals surface area contributed by atoms with Gasteiger partial charge < -0.3 is 0 Å². The highest BCUT2D eigenvalue weighted by Gasteiger charge is 2.13. The van der Waals surface area contributed by atoms with Crippen LogP contribution in [0.2, 0.25) is 0 Å². The molecule has 0 saturated heterocycles. The lowest BCUT2D eigenvalue weighted by atomic mass is 10.00. The fourth-order valence-electron chi connectivity index (χ4n) is 1.97. The molecule has 19 heavy (non-hydrogen) atoms. The Morgan fingerprint density at radius 2 is 1.84 bits per heavy atom. The van der Waals surface area contributed by atoms with Crippen molar-refractivity contribution in [2.45, 2.75) is 18.7 Å². The molecule has 1 atom stereocenters. The maximum atomic E-state index is 13.1. The number of benzene rings is 2. The molecule has 0 bridgehead atoms. The quantitative estimate of drug-likeness (QED) is 0.639. The molecule has 0 aliphatic carbocycles. The van der Waals surface area contributed by atoms with Gasteiger partial charge in [0, 0.05) is 4.47 Å². The van der Waals surface area contributed by atoms with Gasteiger partial charge in [-0.3, -0.25) is 0 Å². The van der Waals surface area contributed by atoms with E-state index in [0.29, 0.717) is 12.0 Å². The standard InChI is InChI=1S/C15H12BrClF2/c1-9-6-11(16)3-4-12(9)13(17)7-10-2-5-14(18)15(19)8-10/h2-6,8,13H,7H2,1H3. The summed E-state index contributed by atoms with van der Waals surface area (Å²) in [7, 11) is 0. The molecule has 0 amide bonds. The van der Waals surface area contributed by atoms with Crippen LogP contribution in [-0.4, -0.2) is 0 Å². The van der Waals surface area contributed by atoms with Crippen LogP contribution in [0.15, 0.2) is 40.9 Å². The zero-order valence-corrected chi connectivity index (χ0v) is 12.6. The monoisotopic (exact) mass is 344 g/mol. The molecule has 0 aliphatic rings. The van der Waals surface area contributed by atoms with Gasteiger partial charge in [-0.1, -0.05) is 28.1 Å². The van der Waals surface area contributed by atoms with Gasteiger partial charge in [-0.05, 0) is 54.3 Å². The van der Waals surface area contributed by atoms with Crippen LogP contribution in [0.1, 0.15) is 22.1 Å². The summed E-state index contributed by atoms with van der Waals surface area (Å²) in [6, 6.07) is 9.72. The van der Waals surface area contributed by atoms with Crippen LogP contribution in [0.4, 0.5) is 8.78 Å². The lowest BCUT2D eigenvalue weighted by Gasteiger charge is -2.13. The van der Waals surface area contributed by atoms with Crippen molar-refractivity contribution in [1.29, 1.82) is 0 Å². The van der Waals surface area contributed by atoms with E-state index in [4.69, 9.17) is 11.6 Å². The summed E-state index contributed by atoms with van der Waals surface area (Å²) in [5.74, 6) is -1.68. The van der Waals surface area contributed by atoms with E-state index in [2.05, 4.69) is 15.9 Å². The number of hydrogen-bond acceptors (Lipinski definition) is 0. The SMILES string of the molecule is Cc1cc(Br)ccc1C(Cl)Cc1ccc(F)c(F)c1. The molecule has 100 valence electrons. The van der Waals surface area contributed by atoms with Crippen LogP contribution in [0.3, 0.4) is 0 Å². The Hall–Kier alpha value is -0.930. The van der Waals surface area contributed by atoms with E-state index in [9.17, 15) is 8.78 Å². The molecule has 2 aromatic carbocycles. The number of aryl methyl sites for hydroxylation is 1. The number of alkyl halides is 1. The van der Waals surface area contributed by atoms with Gasteiger partial charge in [-0.25, -0.2) is 8.78 Å². The smallest absolute Gasteiger partial charge is 0.159 e. The topological polar surface area (TPSA) is 0 Å². The van der Waals surface area contributed by atoms with E-state index in [1.54, 1.807) is 6.07 Å². The highest BCUT2D eigenvalue weighted by molar-refractivity contribution is 9.10. The van der Waals surface area contributed by atoms with E-state index < -0.39 is 11.6 Å². The van der Waals surface area contributed by atoms with Gasteiger partial charge in [0.15, 0.2) is 11.6 Å². The predicted octanol–water partition coefficient (Wildman–Crippen LogP) is 5.56. The summed E-state index contributed by atoms with van der Waals surface area (Å²) in [5, 5.41) is -0.266. The summed E-state index contributed by atoms with van der Waals surface area (Å²) >= 11 is 9.75. The van der Waals surface area contributed by atoms with Crippen LogP contribution in [0.5, 0.6) is 0 Å². The normalized spacial score (nSPS) is 12.5. The fraction of sp³-hybridized carbons (Fsp3) is 0.200. The summed E-state index contributed by atoms with van der Waals surface area (Å²) in [5.41, 5.74) is 2.74. The molecule has 0 nitrogen and oxygen atoms in total. The molecule has 0 aromatic heterocycles. The zero-order chi connectivity index (χ0) is 14.0. The minimum Gasteiger partial charge on any atom is -0.204 e. The van der Waals surface area contributed by atoms with Gasteiger partial charge in [0.05, 0.1) is 5.38 Å². The molecule has 0 spiro atoms.